The van der Waals surface area contributed by atoms with Crippen LogP contribution in [0.2, 0.25) is 0 Å². The molecule has 44 valence electrons. The molecule has 1 aromatic carbocycles. The van der Waals surface area contributed by atoms with Gasteiger partial charge in [-0.15, -0.1) is 0 Å². The number of aryl methyl sites for hydroxylation is 1. The average molecular weight is 195 g/mol. The molecule has 0 N–H and O–H groups in total. The molecular weight excluding hydrogens is 187 g/mol. The van der Waals surface area contributed by atoms with E-state index in [4.69, 9.17) is 0 Å². The van der Waals surface area contributed by atoms with E-state index in [9.17, 15) is 0 Å². The van der Waals surface area contributed by atoms with Crippen LogP contribution in [0.15, 0.2) is 28.7 Å². The molecule has 1 rings (SSSR count). The Balaban J connectivity index is 0. The summed E-state index contributed by atoms with van der Waals surface area (Å²) in [5, 5.41) is 0. The monoisotopic (exact) mass is 194 g/mol. The summed E-state index contributed by atoms with van der Waals surface area (Å²) in [6, 6.07) is 8.22. The minimum absolute atomic E-state index is 0. The van der Waals surface area contributed by atoms with Crippen molar-refractivity contribution in [1.82, 2.24) is 0 Å². The second-order valence-corrected chi connectivity index (χ2v) is 2.71. The van der Waals surface area contributed by atoms with E-state index in [1.54, 1.807) is 0 Å². The van der Waals surface area contributed by atoms with Gasteiger partial charge in [0.25, 0.3) is 0 Å². The van der Waals surface area contributed by atoms with E-state index in [1.165, 1.54) is 5.56 Å². The molecule has 0 aromatic heterocycles. The fraction of sp³-hybridized carbons (Fsp3) is 0.143. The van der Waals surface area contributed by atoms with Gasteiger partial charge in [-0.1, -0.05) is 33.6 Å². The molecule has 0 aliphatic rings. The zero-order valence-electron chi connectivity index (χ0n) is 6.69. The zero-order valence-corrected chi connectivity index (χ0v) is 9.27. The van der Waals surface area contributed by atoms with Crippen molar-refractivity contribution in [3.8, 4) is 0 Å². The van der Waals surface area contributed by atoms with Crippen molar-refractivity contribution in [2.45, 2.75) is 6.92 Å². The van der Waals surface area contributed by atoms with E-state index in [0.29, 0.717) is 0 Å². The summed E-state index contributed by atoms with van der Waals surface area (Å²) in [6.45, 7) is 2.08. The van der Waals surface area contributed by atoms with E-state index >= 15 is 0 Å². The maximum atomic E-state index is 3.35. The maximum absolute atomic E-state index is 3.35. The summed E-state index contributed by atoms with van der Waals surface area (Å²) >= 11 is 3.35. The van der Waals surface area contributed by atoms with E-state index in [2.05, 4.69) is 35.0 Å². The molecule has 0 aliphatic heterocycles. The Labute approximate surface area is 87.6 Å². The fourth-order valence-electron chi connectivity index (χ4n) is 0.533. The first-order chi connectivity index (χ1) is 3.79. The van der Waals surface area contributed by atoms with Crippen molar-refractivity contribution >= 4 is 15.9 Å². The van der Waals surface area contributed by atoms with Crippen LogP contribution in [0, 0.1) is 6.92 Å². The van der Waals surface area contributed by atoms with Crippen LogP contribution in [-0.2, 0) is 0 Å². The third-order valence-corrected chi connectivity index (χ3v) is 1.54. The number of hydrogen-bond donors (Lipinski definition) is 0. The predicted octanol–water partition coefficient (Wildman–Crippen LogP) is -0.126. The molecule has 0 bridgehead atoms. The Morgan fingerprint density at radius 3 is 2.00 bits per heavy atom. The molecule has 0 atom stereocenters. The van der Waals surface area contributed by atoms with Gasteiger partial charge in [-0.2, -0.15) is 0 Å². The van der Waals surface area contributed by atoms with Gasteiger partial charge in [0.1, 0.15) is 0 Å². The average Bonchev–Trinajstić information content (AvgIpc) is 1.77. The topological polar surface area (TPSA) is 0 Å². The maximum Gasteiger partial charge on any atom is 1.00 e. The van der Waals surface area contributed by atoms with Crippen molar-refractivity contribution < 1.29 is 31.0 Å². The van der Waals surface area contributed by atoms with Gasteiger partial charge < -0.3 is 1.43 Å². The molecule has 0 saturated heterocycles. The van der Waals surface area contributed by atoms with Crippen LogP contribution in [0.5, 0.6) is 0 Å². The Morgan fingerprint density at radius 1 is 1.22 bits per heavy atom. The van der Waals surface area contributed by atoms with Gasteiger partial charge in [-0.25, -0.2) is 0 Å². The van der Waals surface area contributed by atoms with Crippen molar-refractivity contribution in [2.24, 2.45) is 0 Å². The Hall–Kier alpha value is 0.700. The molecule has 0 heterocycles. The fourth-order valence-corrected chi connectivity index (χ4v) is 0.798. The van der Waals surface area contributed by atoms with Gasteiger partial charge in [-0.3, -0.25) is 0 Å². The number of benzene rings is 1. The van der Waals surface area contributed by atoms with E-state index in [1.807, 2.05) is 12.1 Å². The van der Waals surface area contributed by atoms with Gasteiger partial charge in [-0.05, 0) is 19.1 Å². The molecule has 1 aromatic rings. The first-order valence-electron chi connectivity index (χ1n) is 2.51. The summed E-state index contributed by atoms with van der Waals surface area (Å²) in [6.07, 6.45) is 0. The van der Waals surface area contributed by atoms with Crippen LogP contribution >= 0.6 is 15.9 Å². The van der Waals surface area contributed by atoms with Crippen molar-refractivity contribution in [3.63, 3.8) is 0 Å². The normalized spacial score (nSPS) is 8.22. The van der Waals surface area contributed by atoms with E-state index < -0.39 is 0 Å². The van der Waals surface area contributed by atoms with Gasteiger partial charge in [0.15, 0.2) is 0 Å². The van der Waals surface area contributed by atoms with Crippen LogP contribution in [0.25, 0.3) is 0 Å². The zero-order chi connectivity index (χ0) is 5.98. The van der Waals surface area contributed by atoms with Crippen molar-refractivity contribution in [3.05, 3.63) is 34.3 Å². The Morgan fingerprint density at radius 2 is 1.67 bits per heavy atom. The Kier molecular flexibility index (Phi) is 4.86. The summed E-state index contributed by atoms with van der Waals surface area (Å²) in [5.74, 6) is 0. The number of hydrogen-bond acceptors (Lipinski definition) is 0. The molecule has 0 spiro atoms. The molecule has 0 fully saturated rings. The molecule has 0 unspecified atom stereocenters. The third kappa shape index (κ3) is 3.41. The number of halogens is 1. The van der Waals surface area contributed by atoms with Crippen LogP contribution in [0.3, 0.4) is 0 Å². The van der Waals surface area contributed by atoms with Crippen LogP contribution in [0.1, 0.15) is 6.99 Å². The minimum atomic E-state index is 0. The molecule has 0 radical (unpaired) electrons. The van der Waals surface area contributed by atoms with Crippen molar-refractivity contribution in [1.29, 1.82) is 0 Å². The standard InChI is InChI=1S/C7H7Br.Na.H/c1-6-2-4-7(8)5-3-6;;/h2-5H,1H3;;/q;+1;-1. The molecule has 0 saturated carbocycles. The van der Waals surface area contributed by atoms with Gasteiger partial charge >= 0.3 is 29.6 Å². The quantitative estimate of drug-likeness (QED) is 0.506. The smallest absolute Gasteiger partial charge is 1.00 e. The SMILES string of the molecule is Cc1ccc(Br)cc1.[H-].[Na+]. The molecule has 2 heteroatoms. The van der Waals surface area contributed by atoms with E-state index in [0.717, 1.165) is 4.47 Å². The molecule has 0 nitrogen and oxygen atoms in total. The van der Waals surface area contributed by atoms with Gasteiger partial charge in [0.05, 0.1) is 0 Å². The number of rotatable bonds is 0. The van der Waals surface area contributed by atoms with Crippen molar-refractivity contribution in [2.75, 3.05) is 0 Å². The van der Waals surface area contributed by atoms with E-state index in [-0.39, 0.29) is 31.0 Å². The summed E-state index contributed by atoms with van der Waals surface area (Å²) in [7, 11) is 0. The molecule has 0 amide bonds. The second kappa shape index (κ2) is 4.51. The van der Waals surface area contributed by atoms with Crippen LogP contribution in [0.4, 0.5) is 0 Å². The predicted molar refractivity (Wildman–Crippen MR) is 40.0 cm³/mol. The van der Waals surface area contributed by atoms with Crippen LogP contribution in [-0.4, -0.2) is 0 Å². The van der Waals surface area contributed by atoms with Gasteiger partial charge in [0, 0.05) is 4.47 Å². The molecule has 9 heavy (non-hydrogen) atoms. The van der Waals surface area contributed by atoms with Crippen LogP contribution < -0.4 is 29.6 Å². The second-order valence-electron chi connectivity index (χ2n) is 1.80. The largest absolute Gasteiger partial charge is 1.00 e. The summed E-state index contributed by atoms with van der Waals surface area (Å²) in [4.78, 5) is 0. The first-order valence-corrected chi connectivity index (χ1v) is 3.30. The molecular formula is C7H8BrNa. The summed E-state index contributed by atoms with van der Waals surface area (Å²) < 4.78 is 1.14. The molecule has 0 aliphatic carbocycles. The minimum Gasteiger partial charge on any atom is -1.00 e. The summed E-state index contributed by atoms with van der Waals surface area (Å²) in [5.41, 5.74) is 1.30. The Bertz CT molecular complexity index is 152. The van der Waals surface area contributed by atoms with Gasteiger partial charge in [0.2, 0.25) is 0 Å². The third-order valence-electron chi connectivity index (χ3n) is 1.01. The first kappa shape index (κ1) is 9.70.